The first-order valence-electron chi connectivity index (χ1n) is 5.79. The third-order valence-corrected chi connectivity index (χ3v) is 4.01. The normalized spacial score (nSPS) is 11.1. The second kappa shape index (κ2) is 5.75. The maximum absolute atomic E-state index is 11.7. The standard InChI is InChI=1S/C14H11ClO5S/c1-21(18,19)13-5-3-2-4-12(13)20-11-7-6-9(15)8-10(11)14(16)17/h2-8H,1H3,(H,16,17). The van der Waals surface area contributed by atoms with Crippen molar-refractivity contribution in [2.75, 3.05) is 6.26 Å². The van der Waals surface area contributed by atoms with E-state index in [1.54, 1.807) is 12.1 Å². The number of sulfone groups is 1. The smallest absolute Gasteiger partial charge is 0.339 e. The molecule has 21 heavy (non-hydrogen) atoms. The zero-order valence-corrected chi connectivity index (χ0v) is 12.5. The third kappa shape index (κ3) is 3.53. The lowest BCUT2D eigenvalue weighted by Gasteiger charge is -2.12. The van der Waals surface area contributed by atoms with Crippen molar-refractivity contribution in [3.8, 4) is 11.5 Å². The maximum atomic E-state index is 11.7. The van der Waals surface area contributed by atoms with Crippen LogP contribution in [0.15, 0.2) is 47.4 Å². The summed E-state index contributed by atoms with van der Waals surface area (Å²) in [6.07, 6.45) is 1.05. The summed E-state index contributed by atoms with van der Waals surface area (Å²) >= 11 is 5.75. The molecule has 110 valence electrons. The molecule has 0 saturated carbocycles. The molecule has 1 N–H and O–H groups in total. The summed E-state index contributed by atoms with van der Waals surface area (Å²) in [7, 11) is -3.49. The fraction of sp³-hybridized carbons (Fsp3) is 0.0714. The molecule has 0 spiro atoms. The van der Waals surface area contributed by atoms with Crippen molar-refractivity contribution >= 4 is 27.4 Å². The number of hydrogen-bond acceptors (Lipinski definition) is 4. The molecule has 0 aliphatic rings. The lowest BCUT2D eigenvalue weighted by atomic mass is 10.2. The Bertz CT molecular complexity index is 799. The molecule has 2 aromatic carbocycles. The maximum Gasteiger partial charge on any atom is 0.339 e. The second-order valence-electron chi connectivity index (χ2n) is 4.27. The molecule has 2 aromatic rings. The number of carboxylic acid groups (broad SMARTS) is 1. The SMILES string of the molecule is CS(=O)(=O)c1ccccc1Oc1ccc(Cl)cc1C(=O)O. The van der Waals surface area contributed by atoms with Crippen LogP contribution in [0.25, 0.3) is 0 Å². The highest BCUT2D eigenvalue weighted by Gasteiger charge is 2.18. The van der Waals surface area contributed by atoms with Gasteiger partial charge in [0.2, 0.25) is 0 Å². The topological polar surface area (TPSA) is 80.7 Å². The van der Waals surface area contributed by atoms with Crippen LogP contribution in [0.4, 0.5) is 0 Å². The van der Waals surface area contributed by atoms with E-state index in [1.165, 1.54) is 30.3 Å². The Morgan fingerprint density at radius 1 is 1.14 bits per heavy atom. The second-order valence-corrected chi connectivity index (χ2v) is 6.69. The van der Waals surface area contributed by atoms with E-state index < -0.39 is 15.8 Å². The van der Waals surface area contributed by atoms with Crippen LogP contribution in [0, 0.1) is 0 Å². The minimum absolute atomic E-state index is 0.0167. The van der Waals surface area contributed by atoms with Gasteiger partial charge in [0.15, 0.2) is 9.84 Å². The number of rotatable bonds is 4. The van der Waals surface area contributed by atoms with E-state index in [0.29, 0.717) is 0 Å². The zero-order valence-electron chi connectivity index (χ0n) is 10.9. The molecular weight excluding hydrogens is 316 g/mol. The summed E-state index contributed by atoms with van der Waals surface area (Å²) in [6, 6.07) is 10.1. The molecule has 0 amide bonds. The largest absolute Gasteiger partial charge is 0.478 e. The van der Waals surface area contributed by atoms with Crippen LogP contribution in [-0.2, 0) is 9.84 Å². The van der Waals surface area contributed by atoms with Crippen molar-refractivity contribution in [2.24, 2.45) is 0 Å². The van der Waals surface area contributed by atoms with Gasteiger partial charge >= 0.3 is 5.97 Å². The predicted octanol–water partition coefficient (Wildman–Crippen LogP) is 3.23. The van der Waals surface area contributed by atoms with Crippen molar-refractivity contribution in [1.82, 2.24) is 0 Å². The summed E-state index contributed by atoms with van der Waals surface area (Å²) in [5.74, 6) is -1.14. The Balaban J connectivity index is 2.52. The molecule has 0 saturated heterocycles. The van der Waals surface area contributed by atoms with Crippen molar-refractivity contribution in [2.45, 2.75) is 4.90 Å². The van der Waals surface area contributed by atoms with E-state index >= 15 is 0 Å². The van der Waals surface area contributed by atoms with Crippen LogP contribution in [0.5, 0.6) is 11.5 Å². The van der Waals surface area contributed by atoms with Gasteiger partial charge in [0.25, 0.3) is 0 Å². The molecule has 2 rings (SSSR count). The summed E-state index contributed by atoms with van der Waals surface area (Å²) in [5, 5.41) is 9.39. The van der Waals surface area contributed by atoms with Gasteiger partial charge in [-0.1, -0.05) is 23.7 Å². The minimum Gasteiger partial charge on any atom is -0.478 e. The lowest BCUT2D eigenvalue weighted by molar-refractivity contribution is 0.0694. The van der Waals surface area contributed by atoms with E-state index in [1.807, 2.05) is 0 Å². The number of carboxylic acids is 1. The summed E-state index contributed by atoms with van der Waals surface area (Å²) < 4.78 is 28.9. The van der Waals surface area contributed by atoms with Crippen LogP contribution in [-0.4, -0.2) is 25.7 Å². The first kappa shape index (κ1) is 15.3. The van der Waals surface area contributed by atoms with Crippen LogP contribution in [0.3, 0.4) is 0 Å². The monoisotopic (exact) mass is 326 g/mol. The van der Waals surface area contributed by atoms with Crippen molar-refractivity contribution < 1.29 is 23.1 Å². The molecule has 0 aromatic heterocycles. The number of hydrogen-bond donors (Lipinski definition) is 1. The Hall–Kier alpha value is -2.05. The molecule has 0 heterocycles. The Morgan fingerprint density at radius 2 is 1.81 bits per heavy atom. The lowest BCUT2D eigenvalue weighted by Crippen LogP contribution is -2.03. The van der Waals surface area contributed by atoms with E-state index in [9.17, 15) is 13.2 Å². The highest BCUT2D eigenvalue weighted by molar-refractivity contribution is 7.90. The van der Waals surface area contributed by atoms with Crippen LogP contribution >= 0.6 is 11.6 Å². The average molecular weight is 327 g/mol. The fourth-order valence-electron chi connectivity index (χ4n) is 1.72. The highest BCUT2D eigenvalue weighted by atomic mass is 35.5. The minimum atomic E-state index is -3.49. The summed E-state index contributed by atoms with van der Waals surface area (Å²) in [4.78, 5) is 11.2. The molecular formula is C14H11ClO5S. The van der Waals surface area contributed by atoms with Gasteiger partial charge in [0, 0.05) is 11.3 Å². The van der Waals surface area contributed by atoms with Gasteiger partial charge in [-0.15, -0.1) is 0 Å². The molecule has 0 atom stereocenters. The van der Waals surface area contributed by atoms with E-state index in [2.05, 4.69) is 0 Å². The average Bonchev–Trinajstić information content (AvgIpc) is 2.40. The zero-order chi connectivity index (χ0) is 15.6. The Kier molecular flexibility index (Phi) is 4.20. The van der Waals surface area contributed by atoms with Gasteiger partial charge in [-0.25, -0.2) is 13.2 Å². The van der Waals surface area contributed by atoms with Gasteiger partial charge in [0.1, 0.15) is 22.0 Å². The van der Waals surface area contributed by atoms with Gasteiger partial charge in [-0.2, -0.15) is 0 Å². The van der Waals surface area contributed by atoms with Crippen LogP contribution in [0.1, 0.15) is 10.4 Å². The van der Waals surface area contributed by atoms with Gasteiger partial charge in [-0.05, 0) is 30.3 Å². The van der Waals surface area contributed by atoms with E-state index in [0.717, 1.165) is 6.26 Å². The number of benzene rings is 2. The molecule has 0 radical (unpaired) electrons. The van der Waals surface area contributed by atoms with Gasteiger partial charge in [-0.3, -0.25) is 0 Å². The van der Waals surface area contributed by atoms with Gasteiger partial charge < -0.3 is 9.84 Å². The van der Waals surface area contributed by atoms with Crippen molar-refractivity contribution in [1.29, 1.82) is 0 Å². The first-order valence-corrected chi connectivity index (χ1v) is 8.06. The van der Waals surface area contributed by atoms with E-state index in [-0.39, 0.29) is 27.0 Å². The molecule has 0 aliphatic heterocycles. The molecule has 5 nitrogen and oxygen atoms in total. The summed E-state index contributed by atoms with van der Waals surface area (Å²) in [6.45, 7) is 0. The molecule has 0 aliphatic carbocycles. The number of para-hydroxylation sites is 1. The van der Waals surface area contributed by atoms with Crippen molar-refractivity contribution in [3.05, 3.63) is 53.1 Å². The number of ether oxygens (including phenoxy) is 1. The number of halogens is 1. The summed E-state index contributed by atoms with van der Waals surface area (Å²) in [5.41, 5.74) is -0.147. The van der Waals surface area contributed by atoms with Gasteiger partial charge in [0.05, 0.1) is 0 Å². The molecule has 0 unspecified atom stereocenters. The van der Waals surface area contributed by atoms with Crippen molar-refractivity contribution in [3.63, 3.8) is 0 Å². The first-order chi connectivity index (χ1) is 9.79. The molecule has 0 fully saturated rings. The van der Waals surface area contributed by atoms with Crippen LogP contribution in [0.2, 0.25) is 5.02 Å². The quantitative estimate of drug-likeness (QED) is 0.932. The highest BCUT2D eigenvalue weighted by Crippen LogP contribution is 2.32. The molecule has 7 heteroatoms. The Morgan fingerprint density at radius 3 is 2.43 bits per heavy atom. The molecule has 0 bridgehead atoms. The number of carbonyl (C=O) groups is 1. The van der Waals surface area contributed by atoms with E-state index in [4.69, 9.17) is 21.4 Å². The predicted molar refractivity (Wildman–Crippen MR) is 78.0 cm³/mol. The van der Waals surface area contributed by atoms with Crippen LogP contribution < -0.4 is 4.74 Å². The third-order valence-electron chi connectivity index (χ3n) is 2.64. The number of aromatic carboxylic acids is 1. The fourth-order valence-corrected chi connectivity index (χ4v) is 2.69. The Labute approximate surface area is 126 Å².